The topological polar surface area (TPSA) is 29.1 Å². The molecule has 3 aromatic rings. The fraction of sp³-hybridized carbons (Fsp3) is 0. The maximum Gasteiger partial charge on any atom is 0.255 e. The van der Waals surface area contributed by atoms with E-state index in [4.69, 9.17) is 11.6 Å². The van der Waals surface area contributed by atoms with E-state index < -0.39 is 0 Å². The Morgan fingerprint density at radius 3 is 2.48 bits per heavy atom. The van der Waals surface area contributed by atoms with Gasteiger partial charge in [0.15, 0.2) is 0 Å². The summed E-state index contributed by atoms with van der Waals surface area (Å²) in [6.45, 7) is 0. The Bertz CT molecular complexity index is 832. The molecule has 0 aliphatic heterocycles. The predicted octanol–water partition coefficient (Wildman–Crippen LogP) is 5.51. The molecule has 3 rings (SSSR count). The quantitative estimate of drug-likeness (QED) is 0.641. The zero-order chi connectivity index (χ0) is 14.8. The SMILES string of the molecule is O=C(Nc1ccc(Cl)c(Br)c1)c1ccc2ccccc2c1. The Morgan fingerprint density at radius 1 is 0.952 bits per heavy atom. The van der Waals surface area contributed by atoms with Gasteiger partial charge >= 0.3 is 0 Å². The highest BCUT2D eigenvalue weighted by atomic mass is 79.9. The summed E-state index contributed by atoms with van der Waals surface area (Å²) in [7, 11) is 0. The van der Waals surface area contributed by atoms with Gasteiger partial charge in [-0.05, 0) is 57.0 Å². The minimum absolute atomic E-state index is 0.144. The summed E-state index contributed by atoms with van der Waals surface area (Å²) in [5.74, 6) is -0.144. The third kappa shape index (κ3) is 3.09. The first-order valence-electron chi connectivity index (χ1n) is 6.39. The highest BCUT2D eigenvalue weighted by Crippen LogP contribution is 2.26. The predicted molar refractivity (Wildman–Crippen MR) is 91.1 cm³/mol. The summed E-state index contributed by atoms with van der Waals surface area (Å²) < 4.78 is 0.750. The lowest BCUT2D eigenvalue weighted by Crippen LogP contribution is -2.11. The molecule has 0 fully saturated rings. The zero-order valence-electron chi connectivity index (χ0n) is 10.9. The average molecular weight is 361 g/mol. The molecular weight excluding hydrogens is 350 g/mol. The van der Waals surface area contributed by atoms with E-state index >= 15 is 0 Å². The number of halogens is 2. The summed E-state index contributed by atoms with van der Waals surface area (Å²) >= 11 is 9.28. The molecule has 0 saturated heterocycles. The molecule has 0 aliphatic carbocycles. The van der Waals surface area contributed by atoms with Crippen molar-refractivity contribution in [1.29, 1.82) is 0 Å². The number of carbonyl (C=O) groups excluding carboxylic acids is 1. The van der Waals surface area contributed by atoms with Gasteiger partial charge in [-0.2, -0.15) is 0 Å². The number of rotatable bonds is 2. The fourth-order valence-electron chi connectivity index (χ4n) is 2.11. The lowest BCUT2D eigenvalue weighted by Gasteiger charge is -2.07. The van der Waals surface area contributed by atoms with Gasteiger partial charge in [-0.1, -0.05) is 41.9 Å². The van der Waals surface area contributed by atoms with Crippen molar-refractivity contribution in [3.8, 4) is 0 Å². The molecule has 0 saturated carbocycles. The van der Waals surface area contributed by atoms with Crippen LogP contribution in [0.4, 0.5) is 5.69 Å². The number of anilines is 1. The highest BCUT2D eigenvalue weighted by Gasteiger charge is 2.08. The minimum atomic E-state index is -0.144. The summed E-state index contributed by atoms with van der Waals surface area (Å²) in [6.07, 6.45) is 0. The molecule has 0 heterocycles. The van der Waals surface area contributed by atoms with E-state index in [1.165, 1.54) is 0 Å². The highest BCUT2D eigenvalue weighted by molar-refractivity contribution is 9.10. The number of hydrogen-bond acceptors (Lipinski definition) is 1. The smallest absolute Gasteiger partial charge is 0.255 e. The molecule has 0 aliphatic rings. The Labute approximate surface area is 135 Å². The fourth-order valence-corrected chi connectivity index (χ4v) is 2.60. The Kier molecular flexibility index (Phi) is 3.95. The Hall–Kier alpha value is -1.84. The van der Waals surface area contributed by atoms with Gasteiger partial charge in [-0.25, -0.2) is 0 Å². The van der Waals surface area contributed by atoms with Crippen molar-refractivity contribution >= 4 is 49.9 Å². The van der Waals surface area contributed by atoms with Crippen molar-refractivity contribution in [1.82, 2.24) is 0 Å². The van der Waals surface area contributed by atoms with Crippen LogP contribution in [0.2, 0.25) is 5.02 Å². The van der Waals surface area contributed by atoms with Crippen LogP contribution < -0.4 is 5.32 Å². The van der Waals surface area contributed by atoms with Crippen LogP contribution in [0.15, 0.2) is 65.1 Å². The second kappa shape index (κ2) is 5.88. The van der Waals surface area contributed by atoms with Gasteiger partial charge in [0.1, 0.15) is 0 Å². The van der Waals surface area contributed by atoms with Crippen LogP contribution in [0.1, 0.15) is 10.4 Å². The third-order valence-corrected chi connectivity index (χ3v) is 4.40. The monoisotopic (exact) mass is 359 g/mol. The van der Waals surface area contributed by atoms with Gasteiger partial charge in [0.05, 0.1) is 5.02 Å². The largest absolute Gasteiger partial charge is 0.322 e. The van der Waals surface area contributed by atoms with Gasteiger partial charge < -0.3 is 5.32 Å². The third-order valence-electron chi connectivity index (χ3n) is 3.19. The Balaban J connectivity index is 1.87. The average Bonchev–Trinajstić information content (AvgIpc) is 2.50. The zero-order valence-corrected chi connectivity index (χ0v) is 13.3. The van der Waals surface area contributed by atoms with Crippen LogP contribution in [0.5, 0.6) is 0 Å². The second-order valence-corrected chi connectivity index (χ2v) is 5.91. The van der Waals surface area contributed by atoms with E-state index in [-0.39, 0.29) is 5.91 Å². The molecule has 0 bridgehead atoms. The van der Waals surface area contributed by atoms with Crippen LogP contribution in [-0.2, 0) is 0 Å². The van der Waals surface area contributed by atoms with Gasteiger partial charge in [-0.15, -0.1) is 0 Å². The maximum atomic E-state index is 12.3. The molecule has 0 unspecified atom stereocenters. The number of hydrogen-bond donors (Lipinski definition) is 1. The molecular formula is C17H11BrClNO. The number of carbonyl (C=O) groups is 1. The van der Waals surface area contributed by atoms with Crippen molar-refractivity contribution < 1.29 is 4.79 Å². The minimum Gasteiger partial charge on any atom is -0.322 e. The molecule has 2 nitrogen and oxygen atoms in total. The standard InChI is InChI=1S/C17H11BrClNO/c18-15-10-14(7-8-16(15)19)20-17(21)13-6-5-11-3-1-2-4-12(11)9-13/h1-10H,(H,20,21). The van der Waals surface area contributed by atoms with Gasteiger partial charge in [0.2, 0.25) is 0 Å². The summed E-state index contributed by atoms with van der Waals surface area (Å²) in [5, 5.41) is 5.63. The lowest BCUT2D eigenvalue weighted by atomic mass is 10.1. The molecule has 21 heavy (non-hydrogen) atoms. The van der Waals surface area contributed by atoms with Crippen LogP contribution in [-0.4, -0.2) is 5.91 Å². The first-order chi connectivity index (χ1) is 10.1. The molecule has 0 spiro atoms. The number of benzene rings is 3. The normalized spacial score (nSPS) is 10.6. The number of nitrogens with one attached hydrogen (secondary N) is 1. The molecule has 3 aromatic carbocycles. The van der Waals surface area contributed by atoms with E-state index in [1.807, 2.05) is 42.5 Å². The van der Waals surface area contributed by atoms with Crippen LogP contribution >= 0.6 is 27.5 Å². The first kappa shape index (κ1) is 14.1. The molecule has 0 radical (unpaired) electrons. The molecule has 104 valence electrons. The maximum absolute atomic E-state index is 12.3. The molecule has 4 heteroatoms. The van der Waals surface area contributed by atoms with E-state index in [0.29, 0.717) is 16.3 Å². The first-order valence-corrected chi connectivity index (χ1v) is 7.56. The van der Waals surface area contributed by atoms with E-state index in [1.54, 1.807) is 18.2 Å². The van der Waals surface area contributed by atoms with Crippen LogP contribution in [0.3, 0.4) is 0 Å². The van der Waals surface area contributed by atoms with Crippen molar-refractivity contribution in [2.24, 2.45) is 0 Å². The summed E-state index contributed by atoms with van der Waals surface area (Å²) in [5.41, 5.74) is 1.32. The Morgan fingerprint density at radius 2 is 1.71 bits per heavy atom. The van der Waals surface area contributed by atoms with Crippen LogP contribution in [0.25, 0.3) is 10.8 Å². The number of amides is 1. The van der Waals surface area contributed by atoms with Crippen molar-refractivity contribution in [2.45, 2.75) is 0 Å². The van der Waals surface area contributed by atoms with Crippen molar-refractivity contribution in [3.63, 3.8) is 0 Å². The molecule has 0 atom stereocenters. The molecule has 1 N–H and O–H groups in total. The van der Waals surface area contributed by atoms with E-state index in [9.17, 15) is 4.79 Å². The van der Waals surface area contributed by atoms with Crippen LogP contribution in [0, 0.1) is 0 Å². The lowest BCUT2D eigenvalue weighted by molar-refractivity contribution is 0.102. The van der Waals surface area contributed by atoms with Gasteiger partial charge in [0, 0.05) is 15.7 Å². The van der Waals surface area contributed by atoms with E-state index in [2.05, 4.69) is 21.2 Å². The molecule has 0 aromatic heterocycles. The van der Waals surface area contributed by atoms with Crippen molar-refractivity contribution in [3.05, 3.63) is 75.7 Å². The summed E-state index contributed by atoms with van der Waals surface area (Å²) in [4.78, 5) is 12.3. The summed E-state index contributed by atoms with van der Waals surface area (Å²) in [6, 6.07) is 18.9. The van der Waals surface area contributed by atoms with Crippen molar-refractivity contribution in [2.75, 3.05) is 5.32 Å². The number of fused-ring (bicyclic) bond motifs is 1. The second-order valence-electron chi connectivity index (χ2n) is 4.64. The van der Waals surface area contributed by atoms with Gasteiger partial charge in [0.25, 0.3) is 5.91 Å². The van der Waals surface area contributed by atoms with Gasteiger partial charge in [-0.3, -0.25) is 4.79 Å². The van der Waals surface area contributed by atoms with E-state index in [0.717, 1.165) is 15.2 Å². The molecule has 1 amide bonds.